The molecule has 0 saturated heterocycles. The van der Waals surface area contributed by atoms with E-state index in [9.17, 15) is 14.0 Å². The van der Waals surface area contributed by atoms with Crippen LogP contribution in [0.4, 0.5) is 8.78 Å². The number of fused-ring (bicyclic) bond motifs is 2. The van der Waals surface area contributed by atoms with Gasteiger partial charge in [-0.1, -0.05) is 6.07 Å². The molecule has 2 amide bonds. The number of imidazole rings is 1. The molecule has 1 fully saturated rings. The quantitative estimate of drug-likeness (QED) is 0.212. The topological polar surface area (TPSA) is 113 Å². The number of aromatic amines is 1. The summed E-state index contributed by atoms with van der Waals surface area (Å²) in [5.41, 5.74) is 3.37. The van der Waals surface area contributed by atoms with Crippen LogP contribution in [0.5, 0.6) is 0 Å². The molecular weight excluding hydrogens is 552 g/mol. The lowest BCUT2D eigenvalue weighted by molar-refractivity contribution is 0.0927. The minimum absolute atomic E-state index is 0.00161. The Morgan fingerprint density at radius 2 is 1.77 bits per heavy atom. The van der Waals surface area contributed by atoms with Crippen molar-refractivity contribution in [2.24, 2.45) is 0 Å². The first-order valence-electron chi connectivity index (χ1n) is 13.7. The first-order chi connectivity index (χ1) is 20.8. The number of hydrogen-bond donors (Lipinski definition) is 3. The molecule has 43 heavy (non-hydrogen) atoms. The van der Waals surface area contributed by atoms with Gasteiger partial charge in [0.25, 0.3) is 11.8 Å². The predicted octanol–water partition coefficient (Wildman–Crippen LogP) is 6.40. The van der Waals surface area contributed by atoms with Gasteiger partial charge in [0, 0.05) is 29.9 Å². The number of furan rings is 1. The molecular formula is C33H25F2N5O3. The van der Waals surface area contributed by atoms with E-state index in [2.05, 4.69) is 25.6 Å². The molecule has 10 heteroatoms. The number of amides is 2. The number of pyridine rings is 1. The zero-order valence-corrected chi connectivity index (χ0v) is 23.2. The summed E-state index contributed by atoms with van der Waals surface area (Å²) in [4.78, 5) is 38.5. The molecule has 0 radical (unpaired) electrons. The number of nitrogens with zero attached hydrogens (tertiary/aromatic N) is 2. The molecule has 0 unspecified atom stereocenters. The molecule has 214 valence electrons. The number of aromatic nitrogens is 3. The van der Waals surface area contributed by atoms with Crippen molar-refractivity contribution in [1.82, 2.24) is 25.6 Å². The number of carbonyl (C=O) groups excluding carboxylic acids is 2. The molecule has 1 saturated carbocycles. The molecule has 1 aliphatic carbocycles. The van der Waals surface area contributed by atoms with E-state index in [-0.39, 0.29) is 33.8 Å². The molecule has 6 aromatic rings. The Hall–Kier alpha value is -5.38. The van der Waals surface area contributed by atoms with Crippen molar-refractivity contribution in [2.75, 3.05) is 7.05 Å². The van der Waals surface area contributed by atoms with Gasteiger partial charge < -0.3 is 20.0 Å². The number of nitrogens with one attached hydrogen (secondary N) is 3. The van der Waals surface area contributed by atoms with Crippen LogP contribution >= 0.6 is 0 Å². The molecule has 3 aromatic heterocycles. The Kier molecular flexibility index (Phi) is 6.08. The van der Waals surface area contributed by atoms with Gasteiger partial charge in [-0.15, -0.1) is 0 Å². The second-order valence-electron chi connectivity index (χ2n) is 10.7. The molecule has 0 atom stereocenters. The predicted molar refractivity (Wildman–Crippen MR) is 157 cm³/mol. The van der Waals surface area contributed by atoms with Crippen LogP contribution in [-0.4, -0.2) is 33.8 Å². The SMILES string of the molecule is CNC(=O)c1c(-c2ccc(F)cc2)oc2ccc(-c3cc(C(=O)NC4(c5nc6ccncc6[nH]5)CC4)ccc3C)c(F)c12. The van der Waals surface area contributed by atoms with Crippen LogP contribution < -0.4 is 10.6 Å². The molecule has 0 spiro atoms. The third kappa shape index (κ3) is 4.42. The highest BCUT2D eigenvalue weighted by molar-refractivity contribution is 6.12. The summed E-state index contributed by atoms with van der Waals surface area (Å²) in [5.74, 6) is -1.17. The molecule has 3 N–H and O–H groups in total. The number of aryl methyl sites for hydroxylation is 1. The third-order valence-electron chi connectivity index (χ3n) is 7.98. The van der Waals surface area contributed by atoms with Crippen molar-refractivity contribution in [2.45, 2.75) is 25.3 Å². The molecule has 0 bridgehead atoms. The molecule has 8 nitrogen and oxygen atoms in total. The first-order valence-corrected chi connectivity index (χ1v) is 13.7. The van der Waals surface area contributed by atoms with Crippen LogP contribution in [0.3, 0.4) is 0 Å². The third-order valence-corrected chi connectivity index (χ3v) is 7.98. The lowest BCUT2D eigenvalue weighted by atomic mass is 9.94. The van der Waals surface area contributed by atoms with E-state index in [1.54, 1.807) is 42.7 Å². The fraction of sp³-hybridized carbons (Fsp3) is 0.152. The van der Waals surface area contributed by atoms with Crippen LogP contribution in [0.1, 0.15) is 44.9 Å². The fourth-order valence-electron chi connectivity index (χ4n) is 5.48. The van der Waals surface area contributed by atoms with Gasteiger partial charge in [-0.3, -0.25) is 14.6 Å². The Morgan fingerprint density at radius 3 is 2.49 bits per heavy atom. The zero-order valence-electron chi connectivity index (χ0n) is 23.2. The van der Waals surface area contributed by atoms with Gasteiger partial charge in [-0.25, -0.2) is 13.8 Å². The van der Waals surface area contributed by atoms with Crippen molar-refractivity contribution >= 4 is 33.8 Å². The minimum atomic E-state index is -0.664. The van der Waals surface area contributed by atoms with Gasteiger partial charge in [0.05, 0.1) is 33.7 Å². The van der Waals surface area contributed by atoms with E-state index in [4.69, 9.17) is 4.42 Å². The van der Waals surface area contributed by atoms with Crippen molar-refractivity contribution in [1.29, 1.82) is 0 Å². The van der Waals surface area contributed by atoms with Crippen molar-refractivity contribution in [3.8, 4) is 22.5 Å². The highest BCUT2D eigenvalue weighted by Gasteiger charge is 2.48. The minimum Gasteiger partial charge on any atom is -0.455 e. The normalized spacial score (nSPS) is 13.8. The van der Waals surface area contributed by atoms with Gasteiger partial charge in [-0.05, 0) is 85.5 Å². The van der Waals surface area contributed by atoms with E-state index >= 15 is 4.39 Å². The summed E-state index contributed by atoms with van der Waals surface area (Å²) in [6.07, 6.45) is 4.82. The standard InChI is InChI=1S/C33H25F2N5O3/c1-17-3-4-19(30(41)40-33(12-13-33)32-38-23-11-14-37-16-24(23)39-32)15-22(17)21-9-10-25-26(28(21)35)27(31(42)36-2)29(43-25)18-5-7-20(34)8-6-18/h3-11,14-16H,12-13H2,1-2H3,(H,36,42)(H,38,39)(H,40,41). The first kappa shape index (κ1) is 26.5. The largest absolute Gasteiger partial charge is 0.455 e. The lowest BCUT2D eigenvalue weighted by Gasteiger charge is -2.16. The van der Waals surface area contributed by atoms with Crippen LogP contribution in [0.25, 0.3) is 44.5 Å². The molecule has 0 aliphatic heterocycles. The van der Waals surface area contributed by atoms with Crippen molar-refractivity contribution in [3.05, 3.63) is 107 Å². The Labute approximate surface area is 244 Å². The van der Waals surface area contributed by atoms with Crippen molar-refractivity contribution in [3.63, 3.8) is 0 Å². The van der Waals surface area contributed by atoms with Crippen molar-refractivity contribution < 1.29 is 22.8 Å². The number of hydrogen-bond acceptors (Lipinski definition) is 5. The summed E-state index contributed by atoms with van der Waals surface area (Å²) in [7, 11) is 1.44. The Bertz CT molecular complexity index is 2040. The number of benzene rings is 3. The average molecular weight is 578 g/mol. The average Bonchev–Trinajstić information content (AvgIpc) is 3.48. The monoisotopic (exact) mass is 577 g/mol. The fourth-order valence-corrected chi connectivity index (χ4v) is 5.48. The zero-order chi connectivity index (χ0) is 29.9. The molecule has 1 aliphatic rings. The highest BCUT2D eigenvalue weighted by atomic mass is 19.1. The maximum absolute atomic E-state index is 16.4. The van der Waals surface area contributed by atoms with E-state index in [1.807, 2.05) is 13.0 Å². The molecule has 3 aromatic carbocycles. The van der Waals surface area contributed by atoms with Gasteiger partial charge in [-0.2, -0.15) is 0 Å². The molecule has 3 heterocycles. The van der Waals surface area contributed by atoms with Crippen LogP contribution in [0.15, 0.2) is 77.5 Å². The summed E-state index contributed by atoms with van der Waals surface area (Å²) in [6.45, 7) is 1.82. The second kappa shape index (κ2) is 9.87. The van der Waals surface area contributed by atoms with Crippen LogP contribution in [0, 0.1) is 18.6 Å². The summed E-state index contributed by atoms with van der Waals surface area (Å²) < 4.78 is 35.9. The Morgan fingerprint density at radius 1 is 0.977 bits per heavy atom. The van der Waals surface area contributed by atoms with Gasteiger partial charge in [0.15, 0.2) is 0 Å². The highest BCUT2D eigenvalue weighted by Crippen LogP contribution is 2.45. The van der Waals surface area contributed by atoms with E-state index < -0.39 is 23.1 Å². The van der Waals surface area contributed by atoms with Crippen LogP contribution in [-0.2, 0) is 5.54 Å². The number of rotatable bonds is 6. The van der Waals surface area contributed by atoms with E-state index in [0.717, 1.165) is 29.4 Å². The van der Waals surface area contributed by atoms with Gasteiger partial charge in [0.1, 0.15) is 28.8 Å². The maximum atomic E-state index is 16.4. The number of halogens is 2. The second-order valence-corrected chi connectivity index (χ2v) is 10.7. The van der Waals surface area contributed by atoms with Gasteiger partial charge >= 0.3 is 0 Å². The summed E-state index contributed by atoms with van der Waals surface area (Å²) in [6, 6.07) is 15.5. The van der Waals surface area contributed by atoms with E-state index in [1.165, 1.54) is 31.3 Å². The Balaban J connectivity index is 1.27. The summed E-state index contributed by atoms with van der Waals surface area (Å²) in [5, 5.41) is 5.67. The summed E-state index contributed by atoms with van der Waals surface area (Å²) >= 11 is 0. The van der Waals surface area contributed by atoms with E-state index in [0.29, 0.717) is 22.5 Å². The van der Waals surface area contributed by atoms with Gasteiger partial charge in [0.2, 0.25) is 0 Å². The lowest BCUT2D eigenvalue weighted by Crippen LogP contribution is -2.35. The smallest absolute Gasteiger partial charge is 0.255 e. The van der Waals surface area contributed by atoms with Crippen LogP contribution in [0.2, 0.25) is 0 Å². The maximum Gasteiger partial charge on any atom is 0.255 e. The number of H-pyrrole nitrogens is 1. The number of carbonyl (C=O) groups is 2. The molecule has 7 rings (SSSR count).